The number of carbonyl (C=O) groups excluding carboxylic acids is 1. The van der Waals surface area contributed by atoms with Crippen molar-refractivity contribution >= 4 is 28.8 Å². The van der Waals surface area contributed by atoms with Crippen molar-refractivity contribution < 1.29 is 19.8 Å². The number of carboxylic acid groups (broad SMARTS) is 1. The van der Waals surface area contributed by atoms with Crippen molar-refractivity contribution in [3.05, 3.63) is 78.6 Å². The normalized spacial score (nSPS) is 12.2. The number of aromatic amines is 1. The highest BCUT2D eigenvalue weighted by Crippen LogP contribution is 2.37. The number of urea groups is 1. The summed E-state index contributed by atoms with van der Waals surface area (Å²) in [4.78, 5) is 33.2. The van der Waals surface area contributed by atoms with Gasteiger partial charge in [0.05, 0.1) is 6.61 Å². The quantitative estimate of drug-likeness (QED) is 0.130. The van der Waals surface area contributed by atoms with Crippen LogP contribution < -0.4 is 10.6 Å². The maximum atomic E-state index is 12.2. The molecule has 2 aromatic carbocycles. The molecule has 5 rings (SSSR count). The van der Waals surface area contributed by atoms with Gasteiger partial charge in [0.1, 0.15) is 11.3 Å². The first kappa shape index (κ1) is 31.3. The van der Waals surface area contributed by atoms with Gasteiger partial charge in [-0.05, 0) is 58.9 Å². The number of anilines is 1. The number of nitrogens with one attached hydrogen (secondary N) is 3. The number of aromatic nitrogens is 4. The van der Waals surface area contributed by atoms with E-state index in [1.165, 1.54) is 4.90 Å². The van der Waals surface area contributed by atoms with Gasteiger partial charge in [0.15, 0.2) is 0 Å². The van der Waals surface area contributed by atoms with Gasteiger partial charge in [-0.25, -0.2) is 14.6 Å². The van der Waals surface area contributed by atoms with Crippen LogP contribution in [0.3, 0.4) is 0 Å². The number of pyridine rings is 1. The van der Waals surface area contributed by atoms with E-state index in [9.17, 15) is 19.8 Å². The number of rotatable bonds is 9. The summed E-state index contributed by atoms with van der Waals surface area (Å²) < 4.78 is 1.86. The van der Waals surface area contributed by atoms with Gasteiger partial charge in [-0.1, -0.05) is 51.1 Å². The predicted molar refractivity (Wildman–Crippen MR) is 176 cm³/mol. The average molecular weight is 610 g/mol. The van der Waals surface area contributed by atoms with Crippen LogP contribution in [0.4, 0.5) is 15.3 Å². The lowest BCUT2D eigenvalue weighted by molar-refractivity contribution is 0.170. The van der Waals surface area contributed by atoms with Crippen molar-refractivity contribution in [2.24, 2.45) is 5.41 Å². The largest absolute Gasteiger partial charge is 0.465 e. The van der Waals surface area contributed by atoms with Crippen LogP contribution in [-0.4, -0.2) is 67.1 Å². The Morgan fingerprint density at radius 2 is 1.78 bits per heavy atom. The fraction of sp³-hybridized carbons (Fsp3) is 0.294. The molecule has 0 bridgehead atoms. The number of nitrogens with zero attached hydrogens (tertiary/aromatic N) is 4. The van der Waals surface area contributed by atoms with E-state index in [1.807, 2.05) is 86.2 Å². The Morgan fingerprint density at radius 3 is 2.44 bits per heavy atom. The average Bonchev–Trinajstić information content (AvgIpc) is 3.64. The van der Waals surface area contributed by atoms with Gasteiger partial charge in [0.2, 0.25) is 0 Å². The maximum Gasteiger partial charge on any atom is 0.404 e. The van der Waals surface area contributed by atoms with E-state index in [-0.39, 0.29) is 24.1 Å². The number of H-pyrrole nitrogens is 1. The van der Waals surface area contributed by atoms with Crippen molar-refractivity contribution in [3.63, 3.8) is 0 Å². The molecule has 5 N–H and O–H groups in total. The number of hydrogen-bond acceptors (Lipinski definition) is 5. The van der Waals surface area contributed by atoms with E-state index in [0.717, 1.165) is 50.2 Å². The minimum absolute atomic E-state index is 0.0458. The molecule has 3 heterocycles. The molecular formula is C34H39N7O4. The molecule has 45 heavy (non-hydrogen) atoms. The van der Waals surface area contributed by atoms with Crippen LogP contribution >= 0.6 is 0 Å². The van der Waals surface area contributed by atoms with E-state index in [4.69, 9.17) is 5.10 Å². The molecule has 0 radical (unpaired) electrons. The number of hydrogen-bond donors (Lipinski definition) is 5. The Morgan fingerprint density at radius 1 is 1.02 bits per heavy atom. The first-order valence-electron chi connectivity index (χ1n) is 14.8. The van der Waals surface area contributed by atoms with Crippen molar-refractivity contribution in [1.82, 2.24) is 30.0 Å². The van der Waals surface area contributed by atoms with E-state index in [1.54, 1.807) is 20.3 Å². The van der Waals surface area contributed by atoms with Gasteiger partial charge >= 0.3 is 12.1 Å². The monoisotopic (exact) mass is 609 g/mol. The van der Waals surface area contributed by atoms with Crippen molar-refractivity contribution in [3.8, 4) is 33.6 Å². The molecule has 0 aliphatic heterocycles. The van der Waals surface area contributed by atoms with Gasteiger partial charge in [-0.3, -0.25) is 4.68 Å². The van der Waals surface area contributed by atoms with Gasteiger partial charge in [-0.15, -0.1) is 0 Å². The Kier molecular flexibility index (Phi) is 8.92. The van der Waals surface area contributed by atoms with Crippen molar-refractivity contribution in [2.45, 2.75) is 46.4 Å². The van der Waals surface area contributed by atoms with Gasteiger partial charge in [-0.2, -0.15) is 5.10 Å². The van der Waals surface area contributed by atoms with Gasteiger partial charge in [0, 0.05) is 67.0 Å². The summed E-state index contributed by atoms with van der Waals surface area (Å²) in [6.07, 6.45) is 3.25. The summed E-state index contributed by atoms with van der Waals surface area (Å²) in [6.45, 7) is 6.48. The molecule has 3 aromatic heterocycles. The number of aliphatic hydroxyl groups is 1. The molecule has 1 atom stereocenters. The number of fused-ring (bicyclic) bond motifs is 1. The van der Waals surface area contributed by atoms with Crippen LogP contribution in [0.5, 0.6) is 0 Å². The minimum atomic E-state index is -1.05. The van der Waals surface area contributed by atoms with Crippen LogP contribution in [0.1, 0.15) is 32.8 Å². The second-order valence-electron chi connectivity index (χ2n) is 12.4. The highest BCUT2D eigenvalue weighted by atomic mass is 16.4. The molecule has 0 fully saturated rings. The molecule has 3 amide bonds. The Labute approximate surface area is 261 Å². The van der Waals surface area contributed by atoms with Gasteiger partial charge in [0.25, 0.3) is 0 Å². The highest BCUT2D eigenvalue weighted by molar-refractivity contribution is 5.99. The van der Waals surface area contributed by atoms with Crippen LogP contribution in [0.15, 0.2) is 73.1 Å². The zero-order chi connectivity index (χ0) is 32.3. The standard InChI is InChI=1S/C34H39N7O4/c1-34(2,3)29(38-33(44)45)14-16-41-19-27(30(39-41)22-9-11-24(12-10-22)36-32(43)40(4)5)25-13-15-35-31-26(25)18-28(37-31)23-8-6-7-21(17-23)20-42/h6-13,15,17-19,29,38,42H,14,16,20H2,1-5H3,(H,35,37)(H,36,43)(H,44,45). The Bertz CT molecular complexity index is 1820. The first-order valence-corrected chi connectivity index (χ1v) is 14.8. The molecule has 0 saturated heterocycles. The highest BCUT2D eigenvalue weighted by Gasteiger charge is 2.26. The third-order valence-electron chi connectivity index (χ3n) is 7.81. The Balaban J connectivity index is 1.57. The van der Waals surface area contributed by atoms with Crippen molar-refractivity contribution in [2.75, 3.05) is 19.4 Å². The molecule has 234 valence electrons. The zero-order valence-corrected chi connectivity index (χ0v) is 26.1. The lowest BCUT2D eigenvalue weighted by atomic mass is 9.85. The van der Waals surface area contributed by atoms with E-state index in [0.29, 0.717) is 18.7 Å². The first-order chi connectivity index (χ1) is 21.4. The summed E-state index contributed by atoms with van der Waals surface area (Å²) >= 11 is 0. The van der Waals surface area contributed by atoms with E-state index < -0.39 is 6.09 Å². The number of benzene rings is 2. The van der Waals surface area contributed by atoms with Crippen molar-refractivity contribution in [1.29, 1.82) is 0 Å². The molecule has 0 spiro atoms. The summed E-state index contributed by atoms with van der Waals surface area (Å²) in [5.74, 6) is 0. The number of aryl methyl sites for hydroxylation is 1. The topological polar surface area (TPSA) is 148 Å². The third kappa shape index (κ3) is 7.15. The number of aliphatic hydroxyl groups excluding tert-OH is 1. The molecule has 0 aliphatic carbocycles. The lowest BCUT2D eigenvalue weighted by Gasteiger charge is -2.30. The maximum absolute atomic E-state index is 12.2. The molecule has 0 saturated carbocycles. The van der Waals surface area contributed by atoms with Gasteiger partial charge < -0.3 is 30.7 Å². The molecule has 11 heteroatoms. The van der Waals surface area contributed by atoms with Crippen LogP contribution in [0.2, 0.25) is 0 Å². The molecule has 0 aliphatic rings. The van der Waals surface area contributed by atoms with Crippen LogP contribution in [0.25, 0.3) is 44.7 Å². The van der Waals surface area contributed by atoms with Crippen LogP contribution in [0, 0.1) is 5.41 Å². The smallest absolute Gasteiger partial charge is 0.404 e. The second-order valence-corrected chi connectivity index (χ2v) is 12.4. The fourth-order valence-electron chi connectivity index (χ4n) is 5.28. The zero-order valence-electron chi connectivity index (χ0n) is 26.1. The summed E-state index contributed by atoms with van der Waals surface area (Å²) in [7, 11) is 3.37. The summed E-state index contributed by atoms with van der Waals surface area (Å²) in [6, 6.07) is 18.8. The lowest BCUT2D eigenvalue weighted by Crippen LogP contribution is -2.43. The minimum Gasteiger partial charge on any atom is -0.465 e. The number of amides is 3. The Hall–Kier alpha value is -5.16. The van der Waals surface area contributed by atoms with E-state index in [2.05, 4.69) is 26.7 Å². The molecule has 1 unspecified atom stereocenters. The van der Waals surface area contributed by atoms with E-state index >= 15 is 0 Å². The second kappa shape index (κ2) is 12.8. The third-order valence-corrected chi connectivity index (χ3v) is 7.81. The number of carbonyl (C=O) groups is 2. The summed E-state index contributed by atoms with van der Waals surface area (Å²) in [5, 5.41) is 30.5. The molecular weight excluding hydrogens is 570 g/mol. The summed E-state index contributed by atoms with van der Waals surface area (Å²) in [5.41, 5.74) is 7.17. The predicted octanol–water partition coefficient (Wildman–Crippen LogP) is 6.42. The van der Waals surface area contributed by atoms with Crippen LogP contribution in [-0.2, 0) is 13.2 Å². The fourth-order valence-corrected chi connectivity index (χ4v) is 5.28. The molecule has 5 aromatic rings. The SMILES string of the molecule is CN(C)C(=O)Nc1ccc(-c2nn(CCC(NC(=O)O)C(C)(C)C)cc2-c2ccnc3[nH]c(-c4cccc(CO)c4)cc23)cc1. The molecule has 11 nitrogen and oxygen atoms in total.